The van der Waals surface area contributed by atoms with Crippen LogP contribution in [0.5, 0.6) is 0 Å². The van der Waals surface area contributed by atoms with Crippen molar-refractivity contribution in [1.82, 2.24) is 14.3 Å². The van der Waals surface area contributed by atoms with Crippen LogP contribution in [0.15, 0.2) is 52.7 Å². The van der Waals surface area contributed by atoms with E-state index < -0.39 is 15.8 Å². The summed E-state index contributed by atoms with van der Waals surface area (Å²) in [6.45, 7) is 0.0889. The topological polar surface area (TPSA) is 72.0 Å². The van der Waals surface area contributed by atoms with E-state index in [2.05, 4.69) is 14.3 Å². The third-order valence-electron chi connectivity index (χ3n) is 3.26. The summed E-state index contributed by atoms with van der Waals surface area (Å²) in [5.41, 5.74) is 2.44. The normalized spacial score (nSPS) is 11.6. The molecule has 3 aromatic rings. The Hall–Kier alpha value is -1.87. The van der Waals surface area contributed by atoms with Crippen molar-refractivity contribution < 1.29 is 12.8 Å². The molecule has 5 nitrogen and oxygen atoms in total. The SMILES string of the molecule is O=S(=O)(NCc1ccc(-c2csnn2)cc1)c1ccc(F)cc1Cl. The minimum absolute atomic E-state index is 0.0889. The summed E-state index contributed by atoms with van der Waals surface area (Å²) in [5, 5.41) is 5.64. The molecule has 124 valence electrons. The maximum absolute atomic E-state index is 13.0. The summed E-state index contributed by atoms with van der Waals surface area (Å²) in [6, 6.07) is 10.4. The van der Waals surface area contributed by atoms with Gasteiger partial charge in [-0.2, -0.15) is 0 Å². The van der Waals surface area contributed by atoms with Gasteiger partial charge in [0.25, 0.3) is 0 Å². The molecule has 0 radical (unpaired) electrons. The van der Waals surface area contributed by atoms with Crippen molar-refractivity contribution in [2.24, 2.45) is 0 Å². The van der Waals surface area contributed by atoms with Gasteiger partial charge in [-0.1, -0.05) is 40.4 Å². The van der Waals surface area contributed by atoms with Gasteiger partial charge < -0.3 is 0 Å². The van der Waals surface area contributed by atoms with Gasteiger partial charge in [0.05, 0.1) is 5.02 Å². The number of nitrogens with zero attached hydrogens (tertiary/aromatic N) is 2. The van der Waals surface area contributed by atoms with Crippen LogP contribution < -0.4 is 4.72 Å². The molecule has 3 rings (SSSR count). The Labute approximate surface area is 147 Å². The van der Waals surface area contributed by atoms with Crippen LogP contribution in [0.4, 0.5) is 4.39 Å². The molecule has 2 aromatic carbocycles. The highest BCUT2D eigenvalue weighted by molar-refractivity contribution is 7.89. The van der Waals surface area contributed by atoms with Crippen molar-refractivity contribution in [1.29, 1.82) is 0 Å². The number of benzene rings is 2. The molecule has 0 saturated heterocycles. The van der Waals surface area contributed by atoms with Crippen molar-refractivity contribution in [3.8, 4) is 11.3 Å². The van der Waals surface area contributed by atoms with E-state index in [4.69, 9.17) is 11.6 Å². The van der Waals surface area contributed by atoms with Gasteiger partial charge in [-0.25, -0.2) is 17.5 Å². The Morgan fingerprint density at radius 2 is 1.92 bits per heavy atom. The lowest BCUT2D eigenvalue weighted by molar-refractivity contribution is 0.580. The second-order valence-electron chi connectivity index (χ2n) is 4.89. The van der Waals surface area contributed by atoms with Crippen LogP contribution in [0.3, 0.4) is 0 Å². The van der Waals surface area contributed by atoms with E-state index in [-0.39, 0.29) is 16.5 Å². The van der Waals surface area contributed by atoms with Crippen LogP contribution in [0.2, 0.25) is 5.02 Å². The molecular weight excluding hydrogens is 373 g/mol. The molecule has 0 aliphatic heterocycles. The summed E-state index contributed by atoms with van der Waals surface area (Å²) in [5.74, 6) is -0.592. The van der Waals surface area contributed by atoms with E-state index in [1.54, 1.807) is 12.1 Å². The Kier molecular flexibility index (Phi) is 4.91. The third kappa shape index (κ3) is 3.78. The van der Waals surface area contributed by atoms with E-state index in [0.29, 0.717) is 0 Å². The summed E-state index contributed by atoms with van der Waals surface area (Å²) in [7, 11) is -3.83. The average molecular weight is 384 g/mol. The first-order chi connectivity index (χ1) is 11.5. The molecule has 24 heavy (non-hydrogen) atoms. The molecule has 0 aliphatic rings. The zero-order valence-electron chi connectivity index (χ0n) is 12.1. The molecule has 0 spiro atoms. The van der Waals surface area contributed by atoms with Crippen molar-refractivity contribution in [3.05, 3.63) is 64.2 Å². The molecular formula is C15H11ClFN3O2S2. The zero-order chi connectivity index (χ0) is 17.2. The van der Waals surface area contributed by atoms with Crippen LogP contribution in [0.1, 0.15) is 5.56 Å². The van der Waals surface area contributed by atoms with Crippen LogP contribution in [0, 0.1) is 5.82 Å². The number of halogens is 2. The Morgan fingerprint density at radius 3 is 2.54 bits per heavy atom. The number of nitrogens with one attached hydrogen (secondary N) is 1. The van der Waals surface area contributed by atoms with Crippen LogP contribution >= 0.6 is 23.1 Å². The highest BCUT2D eigenvalue weighted by Crippen LogP contribution is 2.22. The second kappa shape index (κ2) is 6.94. The molecule has 1 aromatic heterocycles. The quantitative estimate of drug-likeness (QED) is 0.732. The van der Waals surface area contributed by atoms with E-state index in [9.17, 15) is 12.8 Å². The summed E-state index contributed by atoms with van der Waals surface area (Å²) in [6.07, 6.45) is 0. The Bertz CT molecular complexity index is 945. The summed E-state index contributed by atoms with van der Waals surface area (Å²) < 4.78 is 43.8. The van der Waals surface area contributed by atoms with E-state index in [1.807, 2.05) is 17.5 Å². The maximum atomic E-state index is 13.0. The standard InChI is InChI=1S/C15H11ClFN3O2S2/c16-13-7-12(17)5-6-15(13)24(21,22)18-8-10-1-3-11(4-2-10)14-9-23-20-19-14/h1-7,9,18H,8H2. The van der Waals surface area contributed by atoms with Gasteiger partial charge in [0.15, 0.2) is 0 Å². The monoisotopic (exact) mass is 383 g/mol. The van der Waals surface area contributed by atoms with Gasteiger partial charge in [-0.15, -0.1) is 5.10 Å². The van der Waals surface area contributed by atoms with Gasteiger partial charge in [0.2, 0.25) is 10.0 Å². The van der Waals surface area contributed by atoms with Gasteiger partial charge in [0, 0.05) is 17.5 Å². The van der Waals surface area contributed by atoms with Crippen molar-refractivity contribution in [3.63, 3.8) is 0 Å². The lowest BCUT2D eigenvalue weighted by Crippen LogP contribution is -2.23. The number of sulfonamides is 1. The van der Waals surface area contributed by atoms with Crippen molar-refractivity contribution in [2.45, 2.75) is 11.4 Å². The highest BCUT2D eigenvalue weighted by atomic mass is 35.5. The Balaban J connectivity index is 1.73. The predicted octanol–water partition coefficient (Wildman–Crippen LogP) is 3.48. The second-order valence-corrected chi connectivity index (χ2v) is 7.64. The fraction of sp³-hybridized carbons (Fsp3) is 0.0667. The lowest BCUT2D eigenvalue weighted by Gasteiger charge is -2.09. The predicted molar refractivity (Wildman–Crippen MR) is 90.8 cm³/mol. The first-order valence-corrected chi connectivity index (χ1v) is 9.46. The number of rotatable bonds is 5. The molecule has 0 saturated carbocycles. The number of hydrogen-bond donors (Lipinski definition) is 1. The maximum Gasteiger partial charge on any atom is 0.242 e. The minimum atomic E-state index is -3.83. The fourth-order valence-corrected chi connectivity index (χ4v) is 4.05. The molecule has 9 heteroatoms. The first-order valence-electron chi connectivity index (χ1n) is 6.77. The van der Waals surface area contributed by atoms with Crippen LogP contribution in [0.25, 0.3) is 11.3 Å². The molecule has 0 bridgehead atoms. The van der Waals surface area contributed by atoms with Gasteiger partial charge in [-0.05, 0) is 35.3 Å². The molecule has 0 fully saturated rings. The molecule has 1 N–H and O–H groups in total. The highest BCUT2D eigenvalue weighted by Gasteiger charge is 2.18. The molecule has 1 heterocycles. The van der Waals surface area contributed by atoms with Crippen LogP contribution in [-0.4, -0.2) is 18.0 Å². The molecule has 0 aliphatic carbocycles. The molecule has 0 amide bonds. The smallest absolute Gasteiger partial charge is 0.207 e. The van der Waals surface area contributed by atoms with Gasteiger partial charge in [-0.3, -0.25) is 0 Å². The Morgan fingerprint density at radius 1 is 1.17 bits per heavy atom. The van der Waals surface area contributed by atoms with Crippen molar-refractivity contribution >= 4 is 33.2 Å². The lowest BCUT2D eigenvalue weighted by atomic mass is 10.1. The van der Waals surface area contributed by atoms with E-state index >= 15 is 0 Å². The number of aromatic nitrogens is 2. The largest absolute Gasteiger partial charge is 0.242 e. The zero-order valence-corrected chi connectivity index (χ0v) is 14.5. The summed E-state index contributed by atoms with van der Waals surface area (Å²) >= 11 is 7.06. The number of hydrogen-bond acceptors (Lipinski definition) is 5. The average Bonchev–Trinajstić information content (AvgIpc) is 3.07. The summed E-state index contributed by atoms with van der Waals surface area (Å²) in [4.78, 5) is -0.157. The molecule has 0 atom stereocenters. The minimum Gasteiger partial charge on any atom is -0.207 e. The van der Waals surface area contributed by atoms with Gasteiger partial charge in [0.1, 0.15) is 16.4 Å². The van der Waals surface area contributed by atoms with E-state index in [1.165, 1.54) is 11.5 Å². The third-order valence-corrected chi connectivity index (χ3v) is 5.65. The fourth-order valence-electron chi connectivity index (χ4n) is 2.03. The molecule has 0 unspecified atom stereocenters. The van der Waals surface area contributed by atoms with Crippen molar-refractivity contribution in [2.75, 3.05) is 0 Å². The van der Waals surface area contributed by atoms with E-state index in [0.717, 1.165) is 35.0 Å². The van der Waals surface area contributed by atoms with Gasteiger partial charge >= 0.3 is 0 Å². The first kappa shape index (κ1) is 17.0. The van der Waals surface area contributed by atoms with Crippen LogP contribution in [-0.2, 0) is 16.6 Å².